The van der Waals surface area contributed by atoms with Crippen molar-refractivity contribution < 1.29 is 18.3 Å². The quantitative estimate of drug-likeness (QED) is 0.491. The average molecular weight is 282 g/mol. The Labute approximate surface area is 113 Å². The van der Waals surface area contributed by atoms with Gasteiger partial charge in [-0.15, -0.1) is 11.8 Å². The topological polar surface area (TPSA) is 26.3 Å². The summed E-state index contributed by atoms with van der Waals surface area (Å²) in [6.07, 6.45) is -0.00726. The summed E-state index contributed by atoms with van der Waals surface area (Å²) in [5.74, 6) is 0.601. The number of ether oxygens (including phenoxy) is 1. The standard InChI is InChI=1S/C13H24F2O2S/c1-10(12(16)17-13(2,3)4)18-9-7-5-6-8-11(14)15/h10-11H,5-9H2,1-4H3. The number of esters is 1. The molecule has 18 heavy (non-hydrogen) atoms. The number of rotatable bonds is 8. The molecule has 0 saturated carbocycles. The lowest BCUT2D eigenvalue weighted by atomic mass is 10.2. The van der Waals surface area contributed by atoms with Gasteiger partial charge in [-0.3, -0.25) is 4.79 Å². The number of alkyl halides is 2. The van der Waals surface area contributed by atoms with Crippen molar-refractivity contribution in [2.45, 2.75) is 70.7 Å². The first-order valence-corrected chi connectivity index (χ1v) is 7.40. The lowest BCUT2D eigenvalue weighted by Crippen LogP contribution is -2.29. The fraction of sp³-hybridized carbons (Fsp3) is 0.923. The van der Waals surface area contributed by atoms with E-state index in [1.54, 1.807) is 0 Å². The fourth-order valence-electron chi connectivity index (χ4n) is 1.29. The smallest absolute Gasteiger partial charge is 0.319 e. The normalized spacial score (nSPS) is 13.7. The van der Waals surface area contributed by atoms with E-state index in [-0.39, 0.29) is 17.6 Å². The molecule has 1 unspecified atom stereocenters. The molecule has 5 heteroatoms. The molecule has 0 saturated heterocycles. The second-order valence-electron chi connectivity index (χ2n) is 5.29. The van der Waals surface area contributed by atoms with E-state index in [0.717, 1.165) is 18.6 Å². The molecule has 2 nitrogen and oxygen atoms in total. The lowest BCUT2D eigenvalue weighted by Gasteiger charge is -2.22. The third-order valence-corrected chi connectivity index (χ3v) is 3.39. The van der Waals surface area contributed by atoms with Crippen LogP contribution in [0.15, 0.2) is 0 Å². The Bertz CT molecular complexity index is 240. The summed E-state index contributed by atoms with van der Waals surface area (Å²) in [5, 5.41) is -0.195. The Morgan fingerprint density at radius 1 is 1.22 bits per heavy atom. The second kappa shape index (κ2) is 8.73. The number of unbranched alkanes of at least 4 members (excludes halogenated alkanes) is 2. The van der Waals surface area contributed by atoms with E-state index in [2.05, 4.69) is 0 Å². The number of hydrogen-bond acceptors (Lipinski definition) is 3. The van der Waals surface area contributed by atoms with Gasteiger partial charge in [-0.25, -0.2) is 8.78 Å². The number of carbonyl (C=O) groups is 1. The van der Waals surface area contributed by atoms with Crippen molar-refractivity contribution in [3.8, 4) is 0 Å². The molecule has 0 aromatic heterocycles. The number of thioether (sulfide) groups is 1. The van der Waals surface area contributed by atoms with Crippen LogP contribution in [0.5, 0.6) is 0 Å². The summed E-state index contributed by atoms with van der Waals surface area (Å²) in [6.45, 7) is 7.34. The zero-order chi connectivity index (χ0) is 14.2. The van der Waals surface area contributed by atoms with E-state index in [0.29, 0.717) is 6.42 Å². The zero-order valence-electron chi connectivity index (χ0n) is 11.7. The Morgan fingerprint density at radius 3 is 2.33 bits per heavy atom. The van der Waals surface area contributed by atoms with Gasteiger partial charge in [-0.2, -0.15) is 0 Å². The summed E-state index contributed by atoms with van der Waals surface area (Å²) in [7, 11) is 0. The first-order chi connectivity index (χ1) is 8.22. The van der Waals surface area contributed by atoms with Crippen molar-refractivity contribution in [3.63, 3.8) is 0 Å². The highest BCUT2D eigenvalue weighted by Gasteiger charge is 2.21. The van der Waals surface area contributed by atoms with Gasteiger partial charge in [0.1, 0.15) is 5.60 Å². The van der Waals surface area contributed by atoms with E-state index < -0.39 is 12.0 Å². The molecule has 0 bridgehead atoms. The Morgan fingerprint density at radius 2 is 1.83 bits per heavy atom. The van der Waals surface area contributed by atoms with Gasteiger partial charge in [0.25, 0.3) is 0 Å². The minimum absolute atomic E-state index is 0.0215. The van der Waals surface area contributed by atoms with Gasteiger partial charge in [0.05, 0.1) is 5.25 Å². The summed E-state index contributed by atoms with van der Waals surface area (Å²) in [6, 6.07) is 0. The second-order valence-corrected chi connectivity index (χ2v) is 6.74. The molecule has 0 spiro atoms. The van der Waals surface area contributed by atoms with Crippen LogP contribution in [0.1, 0.15) is 53.4 Å². The molecule has 0 amide bonds. The predicted octanol–water partition coefficient (Wildman–Crippen LogP) is 4.28. The highest BCUT2D eigenvalue weighted by Crippen LogP contribution is 2.18. The third-order valence-electron chi connectivity index (χ3n) is 2.17. The average Bonchev–Trinajstić information content (AvgIpc) is 2.19. The molecule has 0 N–H and O–H groups in total. The molecule has 0 aliphatic rings. The van der Waals surface area contributed by atoms with Crippen molar-refractivity contribution in [3.05, 3.63) is 0 Å². The summed E-state index contributed by atoms with van der Waals surface area (Å²) < 4.78 is 29.0. The van der Waals surface area contributed by atoms with Crippen LogP contribution in [0.4, 0.5) is 8.78 Å². The SMILES string of the molecule is CC(SCCCCCC(F)F)C(=O)OC(C)(C)C. The molecule has 108 valence electrons. The summed E-state index contributed by atoms with van der Waals surface area (Å²) >= 11 is 1.52. The molecule has 0 aliphatic carbocycles. The van der Waals surface area contributed by atoms with E-state index in [1.165, 1.54) is 11.8 Å². The van der Waals surface area contributed by atoms with E-state index in [1.807, 2.05) is 27.7 Å². The Balaban J connectivity index is 3.58. The Hall–Kier alpha value is -0.320. The molecule has 1 atom stereocenters. The maximum Gasteiger partial charge on any atom is 0.319 e. The largest absolute Gasteiger partial charge is 0.459 e. The maximum absolute atomic E-state index is 11.9. The van der Waals surface area contributed by atoms with E-state index >= 15 is 0 Å². The van der Waals surface area contributed by atoms with Crippen LogP contribution >= 0.6 is 11.8 Å². The highest BCUT2D eigenvalue weighted by molar-refractivity contribution is 8.00. The number of halogens is 2. The zero-order valence-corrected chi connectivity index (χ0v) is 12.5. The van der Waals surface area contributed by atoms with E-state index in [9.17, 15) is 13.6 Å². The lowest BCUT2D eigenvalue weighted by molar-refractivity contribution is -0.153. The molecule has 0 aliphatic heterocycles. The minimum atomic E-state index is -2.20. The van der Waals surface area contributed by atoms with Gasteiger partial charge < -0.3 is 4.74 Å². The van der Waals surface area contributed by atoms with Crippen LogP contribution in [0, 0.1) is 0 Å². The number of hydrogen-bond donors (Lipinski definition) is 0. The molecule has 0 fully saturated rings. The van der Waals surface area contributed by atoms with Crippen LogP contribution in [0.25, 0.3) is 0 Å². The van der Waals surface area contributed by atoms with Crippen molar-refractivity contribution in [1.29, 1.82) is 0 Å². The molecule has 0 heterocycles. The first kappa shape index (κ1) is 17.7. The molecular weight excluding hydrogens is 258 g/mol. The predicted molar refractivity (Wildman–Crippen MR) is 72.2 cm³/mol. The van der Waals surface area contributed by atoms with Gasteiger partial charge in [0.15, 0.2) is 0 Å². The number of carbonyl (C=O) groups excluding carboxylic acids is 1. The molecule has 0 aromatic rings. The van der Waals surface area contributed by atoms with Gasteiger partial charge in [0.2, 0.25) is 6.43 Å². The van der Waals surface area contributed by atoms with Crippen molar-refractivity contribution >= 4 is 17.7 Å². The van der Waals surface area contributed by atoms with Crippen LogP contribution in [0.2, 0.25) is 0 Å². The summed E-state index contributed by atoms with van der Waals surface area (Å²) in [5.41, 5.74) is -0.455. The van der Waals surface area contributed by atoms with Crippen LogP contribution in [-0.2, 0) is 9.53 Å². The van der Waals surface area contributed by atoms with Crippen molar-refractivity contribution in [1.82, 2.24) is 0 Å². The molecule has 0 rings (SSSR count). The van der Waals surface area contributed by atoms with Gasteiger partial charge in [0, 0.05) is 6.42 Å². The Kier molecular flexibility index (Phi) is 8.57. The first-order valence-electron chi connectivity index (χ1n) is 6.35. The molecule has 0 aromatic carbocycles. The van der Waals surface area contributed by atoms with Crippen molar-refractivity contribution in [2.24, 2.45) is 0 Å². The summed E-state index contributed by atoms with van der Waals surface area (Å²) in [4.78, 5) is 11.6. The van der Waals surface area contributed by atoms with Crippen LogP contribution in [-0.4, -0.2) is 29.0 Å². The minimum Gasteiger partial charge on any atom is -0.459 e. The highest BCUT2D eigenvalue weighted by atomic mass is 32.2. The third kappa shape index (κ3) is 10.8. The molecule has 0 radical (unpaired) electrons. The van der Waals surface area contributed by atoms with E-state index in [4.69, 9.17) is 4.74 Å². The van der Waals surface area contributed by atoms with Crippen LogP contribution < -0.4 is 0 Å². The van der Waals surface area contributed by atoms with Gasteiger partial charge in [-0.05, 0) is 46.3 Å². The van der Waals surface area contributed by atoms with Gasteiger partial charge >= 0.3 is 5.97 Å². The molecular formula is C13H24F2O2S. The van der Waals surface area contributed by atoms with Crippen LogP contribution in [0.3, 0.4) is 0 Å². The maximum atomic E-state index is 11.9. The van der Waals surface area contributed by atoms with Crippen molar-refractivity contribution in [2.75, 3.05) is 5.75 Å². The van der Waals surface area contributed by atoms with Gasteiger partial charge in [-0.1, -0.05) is 6.42 Å². The fourth-order valence-corrected chi connectivity index (χ4v) is 2.20. The monoisotopic (exact) mass is 282 g/mol.